The van der Waals surface area contributed by atoms with E-state index in [0.29, 0.717) is 0 Å². The van der Waals surface area contributed by atoms with Crippen molar-refractivity contribution in [3.05, 3.63) is 41.6 Å². The Morgan fingerprint density at radius 1 is 1.12 bits per heavy atom. The van der Waals surface area contributed by atoms with E-state index in [4.69, 9.17) is 0 Å². The Morgan fingerprint density at radius 2 is 1.73 bits per heavy atom. The lowest BCUT2D eigenvalue weighted by atomic mass is 10.1. The van der Waals surface area contributed by atoms with Gasteiger partial charge in [-0.15, -0.1) is 0 Å². The number of hydrogen-bond acceptors (Lipinski definition) is 5. The molecule has 1 aromatic rings. The van der Waals surface area contributed by atoms with E-state index in [-0.39, 0.29) is 55.1 Å². The number of amides is 1. The van der Waals surface area contributed by atoms with E-state index in [2.05, 4.69) is 0 Å². The van der Waals surface area contributed by atoms with Crippen LogP contribution in [0.4, 0.5) is 4.39 Å². The van der Waals surface area contributed by atoms with Gasteiger partial charge in [0, 0.05) is 43.9 Å². The average molecular weight is 402 g/mol. The molecule has 1 saturated heterocycles. The second-order valence-electron chi connectivity index (χ2n) is 6.36. The highest BCUT2D eigenvalue weighted by molar-refractivity contribution is 7.94. The van der Waals surface area contributed by atoms with Crippen molar-refractivity contribution in [1.82, 2.24) is 9.21 Å². The standard InChI is InChI=1S/C16H19FN2O5S2/c17-14-1-3-15(4-2-14)26(23,24)19-8-6-18(7-9-19)16(20)11-13-5-10-25(21,22)12-13/h1-5,10,13H,6-9,11-12H2. The van der Waals surface area contributed by atoms with Crippen molar-refractivity contribution in [3.63, 3.8) is 0 Å². The van der Waals surface area contributed by atoms with Gasteiger partial charge in [-0.25, -0.2) is 21.2 Å². The highest BCUT2D eigenvalue weighted by Crippen LogP contribution is 2.21. The number of halogens is 1. The molecular formula is C16H19FN2O5S2. The molecule has 0 spiro atoms. The lowest BCUT2D eigenvalue weighted by Crippen LogP contribution is -2.50. The lowest BCUT2D eigenvalue weighted by Gasteiger charge is -2.34. The number of hydrogen-bond donors (Lipinski definition) is 0. The molecule has 0 radical (unpaired) electrons. The van der Waals surface area contributed by atoms with Crippen LogP contribution in [0.2, 0.25) is 0 Å². The van der Waals surface area contributed by atoms with Crippen molar-refractivity contribution in [1.29, 1.82) is 0 Å². The van der Waals surface area contributed by atoms with E-state index < -0.39 is 25.7 Å². The van der Waals surface area contributed by atoms with Crippen molar-refractivity contribution < 1.29 is 26.0 Å². The quantitative estimate of drug-likeness (QED) is 0.736. The number of nitrogens with zero attached hydrogens (tertiary/aromatic N) is 2. The van der Waals surface area contributed by atoms with Gasteiger partial charge in [0.1, 0.15) is 5.82 Å². The molecule has 2 heterocycles. The highest BCUT2D eigenvalue weighted by Gasteiger charge is 2.31. The molecule has 3 rings (SSSR count). The number of carbonyl (C=O) groups is 1. The summed E-state index contributed by atoms with van der Waals surface area (Å²) in [6, 6.07) is 4.62. The summed E-state index contributed by atoms with van der Waals surface area (Å²) in [6.07, 6.45) is 1.63. The van der Waals surface area contributed by atoms with Crippen LogP contribution in [0, 0.1) is 11.7 Å². The Balaban J connectivity index is 1.58. The summed E-state index contributed by atoms with van der Waals surface area (Å²) >= 11 is 0. The summed E-state index contributed by atoms with van der Waals surface area (Å²) < 4.78 is 62.1. The van der Waals surface area contributed by atoms with Gasteiger partial charge < -0.3 is 4.90 Å². The number of allylic oxidation sites excluding steroid dienone is 1. The number of sulfone groups is 1. The number of rotatable bonds is 4. The maximum absolute atomic E-state index is 13.0. The first kappa shape index (κ1) is 19.0. The first-order chi connectivity index (χ1) is 12.2. The summed E-state index contributed by atoms with van der Waals surface area (Å²) in [7, 11) is -6.93. The number of carbonyl (C=O) groups excluding carboxylic acids is 1. The van der Waals surface area contributed by atoms with E-state index in [1.165, 1.54) is 22.5 Å². The molecule has 0 aromatic heterocycles. The fourth-order valence-corrected chi connectivity index (χ4v) is 5.87. The molecule has 1 atom stereocenters. The predicted molar refractivity (Wildman–Crippen MR) is 92.8 cm³/mol. The number of piperazine rings is 1. The van der Waals surface area contributed by atoms with Crippen molar-refractivity contribution in [2.45, 2.75) is 11.3 Å². The summed E-state index contributed by atoms with van der Waals surface area (Å²) in [5.41, 5.74) is 0. The molecule has 0 N–H and O–H groups in total. The normalized spacial score (nSPS) is 23.3. The van der Waals surface area contributed by atoms with Crippen molar-refractivity contribution in [3.8, 4) is 0 Å². The molecule has 7 nitrogen and oxygen atoms in total. The minimum Gasteiger partial charge on any atom is -0.340 e. The second-order valence-corrected chi connectivity index (χ2v) is 10.2. The molecule has 142 valence electrons. The van der Waals surface area contributed by atoms with Gasteiger partial charge in [0.25, 0.3) is 0 Å². The molecule has 0 bridgehead atoms. The van der Waals surface area contributed by atoms with Crippen LogP contribution in [0.15, 0.2) is 40.6 Å². The fourth-order valence-electron chi connectivity index (χ4n) is 3.05. The number of benzene rings is 1. The van der Waals surface area contributed by atoms with Gasteiger partial charge in [0.2, 0.25) is 15.9 Å². The van der Waals surface area contributed by atoms with E-state index in [1.54, 1.807) is 4.90 Å². The van der Waals surface area contributed by atoms with Crippen molar-refractivity contribution >= 4 is 25.8 Å². The van der Waals surface area contributed by atoms with Gasteiger partial charge in [-0.1, -0.05) is 6.08 Å². The monoisotopic (exact) mass is 402 g/mol. The minimum absolute atomic E-state index is 0.0139. The zero-order chi connectivity index (χ0) is 18.9. The maximum Gasteiger partial charge on any atom is 0.243 e. The SMILES string of the molecule is O=C(CC1C=CS(=O)(=O)C1)N1CCN(S(=O)(=O)c2ccc(F)cc2)CC1. The summed E-state index contributed by atoms with van der Waals surface area (Å²) in [6.45, 7) is 0.763. The Morgan fingerprint density at radius 3 is 2.27 bits per heavy atom. The first-order valence-corrected chi connectivity index (χ1v) is 11.3. The van der Waals surface area contributed by atoms with Crippen LogP contribution >= 0.6 is 0 Å². The van der Waals surface area contributed by atoms with Gasteiger partial charge in [-0.2, -0.15) is 4.31 Å². The van der Waals surface area contributed by atoms with Crippen LogP contribution in [0.5, 0.6) is 0 Å². The van der Waals surface area contributed by atoms with E-state index in [0.717, 1.165) is 17.5 Å². The zero-order valence-electron chi connectivity index (χ0n) is 13.9. The second kappa shape index (κ2) is 7.09. The Kier molecular flexibility index (Phi) is 5.18. The topological polar surface area (TPSA) is 91.8 Å². The summed E-state index contributed by atoms with van der Waals surface area (Å²) in [4.78, 5) is 13.9. The third kappa shape index (κ3) is 4.13. The molecule has 1 fully saturated rings. The van der Waals surface area contributed by atoms with Crippen LogP contribution in [-0.4, -0.2) is 63.9 Å². The molecule has 1 unspecified atom stereocenters. The Hall–Kier alpha value is -1.78. The van der Waals surface area contributed by atoms with E-state index >= 15 is 0 Å². The molecule has 0 aliphatic carbocycles. The van der Waals surface area contributed by atoms with Crippen LogP contribution in [-0.2, 0) is 24.7 Å². The zero-order valence-corrected chi connectivity index (χ0v) is 15.5. The Bertz CT molecular complexity index is 918. The average Bonchev–Trinajstić information content (AvgIpc) is 2.94. The van der Waals surface area contributed by atoms with E-state index in [1.807, 2.05) is 0 Å². The molecule has 10 heteroatoms. The van der Waals surface area contributed by atoms with Crippen LogP contribution < -0.4 is 0 Å². The van der Waals surface area contributed by atoms with Gasteiger partial charge in [0.05, 0.1) is 10.6 Å². The maximum atomic E-state index is 13.0. The molecule has 1 aromatic carbocycles. The van der Waals surface area contributed by atoms with Crippen LogP contribution in [0.3, 0.4) is 0 Å². The molecule has 1 amide bonds. The van der Waals surface area contributed by atoms with Gasteiger partial charge >= 0.3 is 0 Å². The fraction of sp³-hybridized carbons (Fsp3) is 0.438. The highest BCUT2D eigenvalue weighted by atomic mass is 32.2. The minimum atomic E-state index is -3.73. The Labute approximate surface area is 152 Å². The van der Waals surface area contributed by atoms with Crippen LogP contribution in [0.25, 0.3) is 0 Å². The molecule has 26 heavy (non-hydrogen) atoms. The third-order valence-corrected chi connectivity index (χ3v) is 7.86. The van der Waals surface area contributed by atoms with Gasteiger partial charge in [0.15, 0.2) is 9.84 Å². The van der Waals surface area contributed by atoms with Crippen LogP contribution in [0.1, 0.15) is 6.42 Å². The summed E-state index contributed by atoms with van der Waals surface area (Å²) in [5.74, 6) is -1.08. The molecule has 2 aliphatic rings. The lowest BCUT2D eigenvalue weighted by molar-refractivity contribution is -0.132. The van der Waals surface area contributed by atoms with E-state index in [9.17, 15) is 26.0 Å². The first-order valence-electron chi connectivity index (χ1n) is 8.12. The molecule has 2 aliphatic heterocycles. The third-order valence-electron chi connectivity index (χ3n) is 4.48. The molecular weight excluding hydrogens is 383 g/mol. The molecule has 0 saturated carbocycles. The van der Waals surface area contributed by atoms with Crippen molar-refractivity contribution in [2.24, 2.45) is 5.92 Å². The smallest absolute Gasteiger partial charge is 0.243 e. The summed E-state index contributed by atoms with van der Waals surface area (Å²) in [5, 5.41) is 1.14. The van der Waals surface area contributed by atoms with Gasteiger partial charge in [-0.3, -0.25) is 4.79 Å². The largest absolute Gasteiger partial charge is 0.340 e. The predicted octanol–water partition coefficient (Wildman–Crippen LogP) is 0.607. The van der Waals surface area contributed by atoms with Gasteiger partial charge in [-0.05, 0) is 24.3 Å². The number of sulfonamides is 1. The van der Waals surface area contributed by atoms with Crippen molar-refractivity contribution in [2.75, 3.05) is 31.9 Å².